The molecule has 0 amide bonds. The molecule has 10 atom stereocenters. The molecule has 38 heavy (non-hydrogen) atoms. The van der Waals surface area contributed by atoms with Gasteiger partial charge in [0.2, 0.25) is 0 Å². The van der Waals surface area contributed by atoms with Crippen LogP contribution in [0.4, 0.5) is 0 Å². The van der Waals surface area contributed by atoms with Crippen LogP contribution in [0.3, 0.4) is 0 Å². The molecule has 2 N–H and O–H groups in total. The summed E-state index contributed by atoms with van der Waals surface area (Å²) in [5, 5.41) is 7.29. The molecule has 4 heteroatoms. The lowest BCUT2D eigenvalue weighted by Crippen LogP contribution is -2.59. The molecule has 0 bridgehead atoms. The van der Waals surface area contributed by atoms with E-state index < -0.39 is 0 Å². The lowest BCUT2D eigenvalue weighted by Gasteiger charge is -2.63. The highest BCUT2D eigenvalue weighted by Gasteiger charge is 2.83. The Morgan fingerprint density at radius 1 is 0.947 bits per heavy atom. The van der Waals surface area contributed by atoms with Gasteiger partial charge in [-0.2, -0.15) is 0 Å². The standard InChI is InChI=1S/C34H52N2O2/c1-22(35-6)29-24(38-28(37)19-23-11-9-8-10-12-23)20-32(5)26-14-13-25-30(2,3)27(36-7)15-16-33(25)21-34(26,33)18-17-31(29,32)4/h8-12,22,24-27,29,35-36H,13-21H2,1-7H3/t22-,24+,25-,26-,27-,29?,31+,32-,33+,34-/m0/s1. The van der Waals surface area contributed by atoms with Gasteiger partial charge in [0.15, 0.2) is 0 Å². The van der Waals surface area contributed by atoms with Gasteiger partial charge in [-0.25, -0.2) is 0 Å². The molecule has 0 heterocycles. The van der Waals surface area contributed by atoms with E-state index in [9.17, 15) is 4.79 Å². The molecule has 0 saturated heterocycles. The molecule has 1 aromatic rings. The quantitative estimate of drug-likeness (QED) is 0.427. The van der Waals surface area contributed by atoms with Gasteiger partial charge < -0.3 is 15.4 Å². The lowest BCUT2D eigenvalue weighted by atomic mass is 9.42. The zero-order valence-corrected chi connectivity index (χ0v) is 25.0. The van der Waals surface area contributed by atoms with Gasteiger partial charge in [0.05, 0.1) is 6.42 Å². The molecule has 5 aliphatic rings. The first kappa shape index (κ1) is 26.8. The maximum Gasteiger partial charge on any atom is 0.310 e. The van der Waals surface area contributed by atoms with Crippen molar-refractivity contribution in [3.63, 3.8) is 0 Å². The molecule has 5 aliphatic carbocycles. The fraction of sp³-hybridized carbons (Fsp3) is 0.794. The SMILES string of the molecule is CN[C@@H](C)C1[C@H](OC(=O)Cc2ccccc2)C[C@@]2(C)[C@@H]3CC[C@H]4C(C)(C)[C@@H](NC)CC[C@@]45C[C@@]35CC[C@]12C. The molecule has 6 rings (SSSR count). The summed E-state index contributed by atoms with van der Waals surface area (Å²) in [6.07, 6.45) is 10.9. The van der Waals surface area contributed by atoms with Crippen LogP contribution in [0.25, 0.3) is 0 Å². The summed E-state index contributed by atoms with van der Waals surface area (Å²) in [4.78, 5) is 13.3. The molecule has 0 aromatic heterocycles. The van der Waals surface area contributed by atoms with E-state index in [2.05, 4.69) is 59.3 Å². The largest absolute Gasteiger partial charge is 0.462 e. The van der Waals surface area contributed by atoms with Gasteiger partial charge in [-0.15, -0.1) is 0 Å². The predicted octanol–water partition coefficient (Wildman–Crippen LogP) is 6.39. The van der Waals surface area contributed by atoms with Crippen molar-refractivity contribution >= 4 is 5.97 Å². The predicted molar refractivity (Wildman–Crippen MR) is 154 cm³/mol. The van der Waals surface area contributed by atoms with Crippen molar-refractivity contribution < 1.29 is 9.53 Å². The Bertz CT molecular complexity index is 1070. The third kappa shape index (κ3) is 3.38. The Morgan fingerprint density at radius 3 is 2.32 bits per heavy atom. The summed E-state index contributed by atoms with van der Waals surface area (Å²) in [5.74, 6) is 1.86. The van der Waals surface area contributed by atoms with Crippen LogP contribution >= 0.6 is 0 Å². The number of benzene rings is 1. The van der Waals surface area contributed by atoms with Crippen molar-refractivity contribution in [3.05, 3.63) is 35.9 Å². The number of ether oxygens (including phenoxy) is 1. The third-order valence-electron chi connectivity index (χ3n) is 14.0. The van der Waals surface area contributed by atoms with E-state index in [-0.39, 0.29) is 22.9 Å². The highest BCUT2D eigenvalue weighted by Crippen LogP contribution is 2.89. The number of rotatable bonds is 6. The first-order valence-corrected chi connectivity index (χ1v) is 15.6. The number of hydrogen-bond acceptors (Lipinski definition) is 4. The maximum atomic E-state index is 13.3. The summed E-state index contributed by atoms with van der Waals surface area (Å²) >= 11 is 0. The van der Waals surface area contributed by atoms with Gasteiger partial charge in [0, 0.05) is 18.0 Å². The van der Waals surface area contributed by atoms with Crippen molar-refractivity contribution in [3.8, 4) is 0 Å². The van der Waals surface area contributed by atoms with E-state index in [1.54, 1.807) is 0 Å². The number of fused-ring (bicyclic) bond motifs is 2. The van der Waals surface area contributed by atoms with Gasteiger partial charge in [-0.05, 0) is 117 Å². The van der Waals surface area contributed by atoms with Crippen LogP contribution in [0.15, 0.2) is 30.3 Å². The molecule has 0 radical (unpaired) electrons. The van der Waals surface area contributed by atoms with E-state index in [0.29, 0.717) is 40.7 Å². The average molecular weight is 521 g/mol. The Balaban J connectivity index is 1.30. The average Bonchev–Trinajstić information content (AvgIpc) is 3.48. The normalized spacial score (nSPS) is 47.2. The number of carbonyl (C=O) groups is 1. The smallest absolute Gasteiger partial charge is 0.310 e. The zero-order chi connectivity index (χ0) is 27.1. The van der Waals surface area contributed by atoms with Gasteiger partial charge in [-0.3, -0.25) is 4.79 Å². The Labute approximate surface area is 231 Å². The fourth-order valence-corrected chi connectivity index (χ4v) is 12.1. The van der Waals surface area contributed by atoms with Gasteiger partial charge >= 0.3 is 5.97 Å². The minimum atomic E-state index is -0.0613. The molecule has 1 aromatic carbocycles. The van der Waals surface area contributed by atoms with Crippen molar-refractivity contribution in [1.82, 2.24) is 10.6 Å². The van der Waals surface area contributed by atoms with Gasteiger partial charge in [0.25, 0.3) is 0 Å². The highest BCUT2D eigenvalue weighted by molar-refractivity contribution is 5.72. The van der Waals surface area contributed by atoms with Crippen LogP contribution in [0.2, 0.25) is 0 Å². The van der Waals surface area contributed by atoms with Crippen LogP contribution in [0.5, 0.6) is 0 Å². The second-order valence-corrected chi connectivity index (χ2v) is 15.2. The van der Waals surface area contributed by atoms with Crippen LogP contribution in [-0.2, 0) is 16.0 Å². The molecular weight excluding hydrogens is 468 g/mol. The van der Waals surface area contributed by atoms with Crippen LogP contribution < -0.4 is 10.6 Å². The molecule has 5 fully saturated rings. The van der Waals surface area contributed by atoms with E-state index in [1.165, 1.54) is 44.9 Å². The summed E-state index contributed by atoms with van der Waals surface area (Å²) in [6.45, 7) is 12.6. The second kappa shape index (κ2) is 8.80. The summed E-state index contributed by atoms with van der Waals surface area (Å²) < 4.78 is 6.48. The maximum absolute atomic E-state index is 13.3. The van der Waals surface area contributed by atoms with Gasteiger partial charge in [-0.1, -0.05) is 58.0 Å². The monoisotopic (exact) mass is 520 g/mol. The van der Waals surface area contributed by atoms with E-state index in [0.717, 1.165) is 23.8 Å². The summed E-state index contributed by atoms with van der Waals surface area (Å²) in [5.41, 5.74) is 2.84. The Morgan fingerprint density at radius 2 is 1.63 bits per heavy atom. The van der Waals surface area contributed by atoms with Crippen LogP contribution in [0, 0.1) is 44.8 Å². The molecule has 4 nitrogen and oxygen atoms in total. The van der Waals surface area contributed by atoms with Crippen molar-refractivity contribution in [2.75, 3.05) is 14.1 Å². The van der Waals surface area contributed by atoms with Crippen molar-refractivity contribution in [2.24, 2.45) is 44.8 Å². The Kier molecular flexibility index (Phi) is 6.21. The molecule has 5 saturated carbocycles. The van der Waals surface area contributed by atoms with Crippen molar-refractivity contribution in [2.45, 2.75) is 111 Å². The first-order chi connectivity index (χ1) is 18.0. The number of hydrogen-bond donors (Lipinski definition) is 2. The molecule has 2 spiro atoms. The van der Waals surface area contributed by atoms with Crippen LogP contribution in [0.1, 0.15) is 91.5 Å². The first-order valence-electron chi connectivity index (χ1n) is 15.6. The molecular formula is C34H52N2O2. The van der Waals surface area contributed by atoms with E-state index >= 15 is 0 Å². The van der Waals surface area contributed by atoms with Crippen LogP contribution in [-0.4, -0.2) is 38.3 Å². The summed E-state index contributed by atoms with van der Waals surface area (Å²) in [6, 6.07) is 11.0. The van der Waals surface area contributed by atoms with Gasteiger partial charge in [0.1, 0.15) is 6.10 Å². The molecule has 210 valence electrons. The third-order valence-corrected chi connectivity index (χ3v) is 14.0. The highest BCUT2D eigenvalue weighted by atomic mass is 16.5. The molecule has 1 unspecified atom stereocenters. The second-order valence-electron chi connectivity index (χ2n) is 15.2. The fourth-order valence-electron chi connectivity index (χ4n) is 12.1. The zero-order valence-electron chi connectivity index (χ0n) is 25.0. The lowest BCUT2D eigenvalue weighted by molar-refractivity contribution is -0.152. The van der Waals surface area contributed by atoms with Crippen molar-refractivity contribution in [1.29, 1.82) is 0 Å². The number of esters is 1. The minimum absolute atomic E-state index is 0.0114. The Hall–Kier alpha value is -1.39. The summed E-state index contributed by atoms with van der Waals surface area (Å²) in [7, 11) is 4.26. The number of nitrogens with one attached hydrogen (secondary N) is 2. The topological polar surface area (TPSA) is 50.4 Å². The van der Waals surface area contributed by atoms with E-state index in [1.807, 2.05) is 30.3 Å². The van der Waals surface area contributed by atoms with E-state index in [4.69, 9.17) is 4.74 Å². The number of carbonyl (C=O) groups excluding carboxylic acids is 1. The minimum Gasteiger partial charge on any atom is -0.462 e. The molecule has 0 aliphatic heterocycles.